The molecular weight excluding hydrogens is 368 g/mol. The van der Waals surface area contributed by atoms with Crippen LogP contribution in [-0.4, -0.2) is 23.5 Å². The van der Waals surface area contributed by atoms with Gasteiger partial charge in [-0.25, -0.2) is 0 Å². The second kappa shape index (κ2) is 7.72. The van der Waals surface area contributed by atoms with E-state index in [0.717, 1.165) is 10.9 Å². The first kappa shape index (κ1) is 18.8. The molecule has 0 spiro atoms. The highest BCUT2D eigenvalue weighted by atomic mass is 35.5. The summed E-state index contributed by atoms with van der Waals surface area (Å²) in [7, 11) is 1.57. The maximum absolute atomic E-state index is 13.2. The number of nitroso groups, excluding NO2 is 1. The minimum Gasteiger partial charge on any atom is -0.497 e. The average Bonchev–Trinajstić information content (AvgIpc) is 2.97. The van der Waals surface area contributed by atoms with Crippen molar-refractivity contribution in [1.29, 1.82) is 0 Å². The van der Waals surface area contributed by atoms with Crippen LogP contribution in [0.3, 0.4) is 0 Å². The maximum Gasteiger partial charge on any atom is 0.286 e. The fraction of sp³-hybridized carbons (Fsp3) is 0.200. The number of methoxy groups -OCH3 is 1. The summed E-state index contributed by atoms with van der Waals surface area (Å²) < 4.78 is 6.86. The third-order valence-electron chi connectivity index (χ3n) is 4.52. The molecule has 0 aliphatic heterocycles. The molecule has 3 rings (SSSR count). The molecule has 0 unspecified atom stereocenters. The highest BCUT2D eigenvalue weighted by Crippen LogP contribution is 2.31. The fourth-order valence-corrected chi connectivity index (χ4v) is 3.26. The Balaban J connectivity index is 2.17. The first-order valence-electron chi connectivity index (χ1n) is 8.30. The lowest BCUT2D eigenvalue weighted by Crippen LogP contribution is -2.16. The molecule has 0 N–H and O–H groups in total. The van der Waals surface area contributed by atoms with Crippen LogP contribution in [0.15, 0.2) is 47.6 Å². The number of halogens is 1. The van der Waals surface area contributed by atoms with Crippen LogP contribution in [-0.2, 0) is 11.2 Å². The molecule has 0 aliphatic rings. The Labute approximate surface area is 160 Å². The predicted molar refractivity (Wildman–Crippen MR) is 104 cm³/mol. The minimum absolute atomic E-state index is 0.0638. The zero-order chi connectivity index (χ0) is 19.6. The Hall–Kier alpha value is -2.99. The van der Waals surface area contributed by atoms with Gasteiger partial charge in [-0.15, -0.1) is 4.91 Å². The van der Waals surface area contributed by atoms with Crippen LogP contribution in [0.2, 0.25) is 5.02 Å². The van der Waals surface area contributed by atoms with Crippen molar-refractivity contribution in [2.75, 3.05) is 7.11 Å². The van der Waals surface area contributed by atoms with E-state index in [2.05, 4.69) is 5.18 Å². The van der Waals surface area contributed by atoms with E-state index in [-0.39, 0.29) is 18.7 Å². The Bertz CT molecular complexity index is 1040. The van der Waals surface area contributed by atoms with Gasteiger partial charge in [0, 0.05) is 33.3 Å². The molecular formula is C20H17ClN2O4. The van der Waals surface area contributed by atoms with Crippen molar-refractivity contribution in [3.63, 3.8) is 0 Å². The highest BCUT2D eigenvalue weighted by Gasteiger charge is 2.21. The Kier molecular flexibility index (Phi) is 5.37. The van der Waals surface area contributed by atoms with Gasteiger partial charge in [0.25, 0.3) is 11.8 Å². The lowest BCUT2D eigenvalue weighted by Gasteiger charge is -2.10. The molecule has 0 aliphatic carbocycles. The normalized spacial score (nSPS) is 10.8. The third-order valence-corrected chi connectivity index (χ3v) is 4.78. The van der Waals surface area contributed by atoms with Crippen LogP contribution in [0.4, 0.5) is 0 Å². The summed E-state index contributed by atoms with van der Waals surface area (Å²) in [5.74, 6) is -0.321. The summed E-state index contributed by atoms with van der Waals surface area (Å²) in [4.78, 5) is 35.0. The molecule has 2 aromatic carbocycles. The smallest absolute Gasteiger partial charge is 0.286 e. The van der Waals surface area contributed by atoms with Crippen molar-refractivity contribution in [3.8, 4) is 5.75 Å². The van der Waals surface area contributed by atoms with Gasteiger partial charge in [-0.1, -0.05) is 11.6 Å². The topological polar surface area (TPSA) is 77.7 Å². The van der Waals surface area contributed by atoms with Crippen LogP contribution < -0.4 is 4.74 Å². The number of amides is 1. The molecule has 1 amide bonds. The number of hydrogen-bond acceptors (Lipinski definition) is 4. The molecule has 1 heterocycles. The molecule has 3 aromatic rings. The van der Waals surface area contributed by atoms with Gasteiger partial charge >= 0.3 is 0 Å². The van der Waals surface area contributed by atoms with Crippen molar-refractivity contribution in [2.24, 2.45) is 5.18 Å². The van der Waals surface area contributed by atoms with Gasteiger partial charge in [0.05, 0.1) is 12.6 Å². The molecule has 0 saturated carbocycles. The van der Waals surface area contributed by atoms with Crippen LogP contribution in [0.5, 0.6) is 5.75 Å². The number of fused-ring (bicyclic) bond motifs is 1. The van der Waals surface area contributed by atoms with Crippen LogP contribution >= 0.6 is 11.6 Å². The standard InChI is InChI=1S/C20H17ClN2O4/c1-12-16-11-15(27-2)7-8-18(16)23(17(12)9-10-19(24)22-26)20(25)13-3-5-14(21)6-4-13/h3-8,11H,9-10H2,1-2H3. The Morgan fingerprint density at radius 1 is 1.15 bits per heavy atom. The van der Waals surface area contributed by atoms with Crippen molar-refractivity contribution < 1.29 is 14.3 Å². The number of aromatic nitrogens is 1. The molecule has 1 aromatic heterocycles. The van der Waals surface area contributed by atoms with Gasteiger partial charge in [0.1, 0.15) is 5.75 Å². The second-order valence-electron chi connectivity index (χ2n) is 6.09. The lowest BCUT2D eigenvalue weighted by molar-refractivity contribution is -0.117. The van der Waals surface area contributed by atoms with Crippen LogP contribution in [0.25, 0.3) is 10.9 Å². The quantitative estimate of drug-likeness (QED) is 0.605. The third kappa shape index (κ3) is 3.61. The van der Waals surface area contributed by atoms with E-state index in [9.17, 15) is 14.5 Å². The maximum atomic E-state index is 13.2. The summed E-state index contributed by atoms with van der Waals surface area (Å²) in [6, 6.07) is 12.0. The molecule has 0 radical (unpaired) electrons. The summed E-state index contributed by atoms with van der Waals surface area (Å²) in [6.07, 6.45) is 0.165. The van der Waals surface area contributed by atoms with Gasteiger partial charge in [-0.3, -0.25) is 14.2 Å². The van der Waals surface area contributed by atoms with Gasteiger partial charge < -0.3 is 4.74 Å². The van der Waals surface area contributed by atoms with Gasteiger partial charge in [-0.2, -0.15) is 0 Å². The first-order chi connectivity index (χ1) is 13.0. The second-order valence-corrected chi connectivity index (χ2v) is 6.52. The number of hydrogen-bond donors (Lipinski definition) is 0. The number of carbonyl (C=O) groups is 2. The molecule has 138 valence electrons. The zero-order valence-corrected chi connectivity index (χ0v) is 15.6. The number of rotatable bonds is 5. The molecule has 7 heteroatoms. The molecule has 27 heavy (non-hydrogen) atoms. The van der Waals surface area contributed by atoms with Gasteiger partial charge in [0.15, 0.2) is 0 Å². The van der Waals surface area contributed by atoms with Gasteiger partial charge in [0.2, 0.25) is 0 Å². The van der Waals surface area contributed by atoms with E-state index in [0.29, 0.717) is 27.5 Å². The largest absolute Gasteiger partial charge is 0.497 e. The average molecular weight is 385 g/mol. The number of carbonyl (C=O) groups excluding carboxylic acids is 2. The highest BCUT2D eigenvalue weighted by molar-refractivity contribution is 6.30. The van der Waals surface area contributed by atoms with Crippen molar-refractivity contribution >= 4 is 34.3 Å². The summed E-state index contributed by atoms with van der Waals surface area (Å²) in [5, 5.41) is 3.82. The monoisotopic (exact) mass is 384 g/mol. The fourth-order valence-electron chi connectivity index (χ4n) is 3.13. The van der Waals surface area contributed by atoms with E-state index in [4.69, 9.17) is 16.3 Å². The van der Waals surface area contributed by atoms with E-state index >= 15 is 0 Å². The van der Waals surface area contributed by atoms with Crippen LogP contribution in [0, 0.1) is 11.8 Å². The number of aryl methyl sites for hydroxylation is 1. The van der Waals surface area contributed by atoms with Crippen molar-refractivity contribution in [3.05, 3.63) is 69.2 Å². The summed E-state index contributed by atoms with van der Waals surface area (Å²) in [5.41, 5.74) is 2.68. The summed E-state index contributed by atoms with van der Waals surface area (Å²) in [6.45, 7) is 1.88. The summed E-state index contributed by atoms with van der Waals surface area (Å²) >= 11 is 5.92. The Morgan fingerprint density at radius 3 is 2.48 bits per heavy atom. The SMILES string of the molecule is COc1ccc2c(c1)c(C)c(CCC(=O)N=O)n2C(=O)c1ccc(Cl)cc1. The number of ether oxygens (including phenoxy) is 1. The first-order valence-corrected chi connectivity index (χ1v) is 8.68. The van der Waals surface area contributed by atoms with Crippen LogP contribution in [0.1, 0.15) is 28.0 Å². The minimum atomic E-state index is -0.747. The van der Waals surface area contributed by atoms with Crippen molar-refractivity contribution in [1.82, 2.24) is 4.57 Å². The van der Waals surface area contributed by atoms with Crippen molar-refractivity contribution in [2.45, 2.75) is 19.8 Å². The van der Waals surface area contributed by atoms with E-state index in [1.54, 1.807) is 48.1 Å². The zero-order valence-electron chi connectivity index (χ0n) is 14.9. The van der Waals surface area contributed by atoms with E-state index in [1.165, 1.54) is 0 Å². The number of nitrogens with zero attached hydrogens (tertiary/aromatic N) is 2. The van der Waals surface area contributed by atoms with Gasteiger partial charge in [-0.05, 0) is 61.4 Å². The number of benzene rings is 2. The van der Waals surface area contributed by atoms with E-state index in [1.807, 2.05) is 13.0 Å². The molecule has 0 fully saturated rings. The predicted octanol–water partition coefficient (Wildman–Crippen LogP) is 4.53. The lowest BCUT2D eigenvalue weighted by atomic mass is 10.1. The molecule has 0 atom stereocenters. The molecule has 6 nitrogen and oxygen atoms in total. The molecule has 0 bridgehead atoms. The molecule has 0 saturated heterocycles. The Morgan fingerprint density at radius 2 is 1.85 bits per heavy atom. The van der Waals surface area contributed by atoms with E-state index < -0.39 is 5.91 Å².